The third-order valence-electron chi connectivity index (χ3n) is 4.52. The maximum absolute atomic E-state index is 12.4. The van der Waals surface area contributed by atoms with Crippen LogP contribution in [-0.4, -0.2) is 65.7 Å². The fraction of sp³-hybridized carbons (Fsp3) is 0.526. The molecule has 1 aliphatic rings. The van der Waals surface area contributed by atoms with E-state index in [1.807, 2.05) is 36.1 Å². The molecule has 0 atom stereocenters. The van der Waals surface area contributed by atoms with Crippen molar-refractivity contribution < 1.29 is 14.1 Å². The molecule has 0 radical (unpaired) electrons. The summed E-state index contributed by atoms with van der Waals surface area (Å²) in [5.74, 6) is 2.00. The van der Waals surface area contributed by atoms with Gasteiger partial charge in [0.05, 0.1) is 6.61 Å². The summed E-state index contributed by atoms with van der Waals surface area (Å²) in [6.45, 7) is 6.16. The van der Waals surface area contributed by atoms with Crippen molar-refractivity contribution in [3.8, 4) is 17.1 Å². The van der Waals surface area contributed by atoms with Crippen LogP contribution < -0.4 is 4.74 Å². The van der Waals surface area contributed by atoms with E-state index >= 15 is 0 Å². The summed E-state index contributed by atoms with van der Waals surface area (Å²) in [5, 5.41) is 4.02. The molecule has 0 bridgehead atoms. The molecule has 1 aliphatic heterocycles. The third kappa shape index (κ3) is 4.82. The highest BCUT2D eigenvalue weighted by Crippen LogP contribution is 2.20. The van der Waals surface area contributed by atoms with Crippen molar-refractivity contribution in [2.45, 2.75) is 26.2 Å². The lowest BCUT2D eigenvalue weighted by molar-refractivity contribution is -0.131. The Hall–Kier alpha value is -2.41. The van der Waals surface area contributed by atoms with Gasteiger partial charge in [-0.15, -0.1) is 0 Å². The van der Waals surface area contributed by atoms with E-state index in [1.54, 1.807) is 0 Å². The smallest absolute Gasteiger partial charge is 0.227 e. The number of amides is 1. The molecule has 1 amide bonds. The molecular formula is C19H26N4O3. The van der Waals surface area contributed by atoms with Crippen molar-refractivity contribution in [2.24, 2.45) is 0 Å². The zero-order chi connectivity index (χ0) is 18.4. The van der Waals surface area contributed by atoms with Crippen LogP contribution in [0.2, 0.25) is 0 Å². The summed E-state index contributed by atoms with van der Waals surface area (Å²) in [6, 6.07) is 7.57. The van der Waals surface area contributed by atoms with Gasteiger partial charge < -0.3 is 19.1 Å². The second-order valence-electron chi connectivity index (χ2n) is 6.51. The first-order valence-corrected chi connectivity index (χ1v) is 9.18. The van der Waals surface area contributed by atoms with Gasteiger partial charge in [-0.1, -0.05) is 5.16 Å². The van der Waals surface area contributed by atoms with E-state index in [4.69, 9.17) is 9.26 Å². The highest BCUT2D eigenvalue weighted by atomic mass is 16.5. The molecule has 1 saturated heterocycles. The maximum Gasteiger partial charge on any atom is 0.227 e. The van der Waals surface area contributed by atoms with E-state index in [0.29, 0.717) is 31.2 Å². The van der Waals surface area contributed by atoms with Crippen LogP contribution in [0.3, 0.4) is 0 Å². The lowest BCUT2D eigenvalue weighted by Crippen LogP contribution is -2.34. The Morgan fingerprint density at radius 1 is 1.19 bits per heavy atom. The summed E-state index contributed by atoms with van der Waals surface area (Å²) in [4.78, 5) is 21.0. The fourth-order valence-corrected chi connectivity index (χ4v) is 3.01. The van der Waals surface area contributed by atoms with Crippen LogP contribution in [0.4, 0.5) is 0 Å². The first kappa shape index (κ1) is 18.4. The molecule has 3 rings (SSSR count). The molecule has 2 heterocycles. The molecule has 0 spiro atoms. The van der Waals surface area contributed by atoms with E-state index in [1.165, 1.54) is 0 Å². The molecule has 1 aromatic heterocycles. The Morgan fingerprint density at radius 3 is 2.77 bits per heavy atom. The molecule has 1 fully saturated rings. The number of benzene rings is 1. The predicted octanol–water partition coefficient (Wildman–Crippen LogP) is 2.23. The third-order valence-corrected chi connectivity index (χ3v) is 4.52. The van der Waals surface area contributed by atoms with Gasteiger partial charge in [0.25, 0.3) is 0 Å². The number of hydrogen-bond donors (Lipinski definition) is 0. The first-order chi connectivity index (χ1) is 12.7. The minimum absolute atomic E-state index is 0.154. The van der Waals surface area contributed by atoms with Crippen molar-refractivity contribution >= 4 is 5.91 Å². The van der Waals surface area contributed by atoms with Crippen molar-refractivity contribution in [1.29, 1.82) is 0 Å². The van der Waals surface area contributed by atoms with Crippen LogP contribution >= 0.6 is 0 Å². The highest BCUT2D eigenvalue weighted by molar-refractivity contribution is 5.76. The Labute approximate surface area is 153 Å². The summed E-state index contributed by atoms with van der Waals surface area (Å²) >= 11 is 0. The van der Waals surface area contributed by atoms with E-state index in [-0.39, 0.29) is 5.91 Å². The van der Waals surface area contributed by atoms with Crippen LogP contribution in [0, 0.1) is 0 Å². The van der Waals surface area contributed by atoms with Crippen LogP contribution in [0.5, 0.6) is 5.75 Å². The second-order valence-corrected chi connectivity index (χ2v) is 6.51. The Kier molecular flexibility index (Phi) is 6.22. The number of hydrogen-bond acceptors (Lipinski definition) is 6. The number of likely N-dealkylation sites (N-methyl/N-ethyl adjacent to an activating group) is 1. The zero-order valence-electron chi connectivity index (χ0n) is 15.5. The number of aromatic nitrogens is 2. The van der Waals surface area contributed by atoms with Gasteiger partial charge in [-0.05, 0) is 51.2 Å². The monoisotopic (exact) mass is 358 g/mol. The predicted molar refractivity (Wildman–Crippen MR) is 97.9 cm³/mol. The molecule has 140 valence electrons. The quantitative estimate of drug-likeness (QED) is 0.789. The fourth-order valence-electron chi connectivity index (χ4n) is 3.01. The minimum atomic E-state index is 0.154. The van der Waals surface area contributed by atoms with Gasteiger partial charge in [-0.25, -0.2) is 0 Å². The topological polar surface area (TPSA) is 71.7 Å². The van der Waals surface area contributed by atoms with Crippen molar-refractivity contribution in [1.82, 2.24) is 19.9 Å². The molecule has 0 aliphatic carbocycles. The Morgan fingerprint density at radius 2 is 2.00 bits per heavy atom. The van der Waals surface area contributed by atoms with Crippen molar-refractivity contribution in [3.05, 3.63) is 30.2 Å². The number of aryl methyl sites for hydroxylation is 1. The van der Waals surface area contributed by atoms with Gasteiger partial charge in [-0.3, -0.25) is 4.79 Å². The average Bonchev–Trinajstić information content (AvgIpc) is 3.02. The van der Waals surface area contributed by atoms with Crippen LogP contribution in [-0.2, 0) is 11.2 Å². The first-order valence-electron chi connectivity index (χ1n) is 9.18. The SMILES string of the molecule is CCOc1ccc(-c2noc(CCC(=O)N3CCCN(C)CC3)n2)cc1. The normalized spacial score (nSPS) is 15.7. The Balaban J connectivity index is 1.54. The van der Waals surface area contributed by atoms with Gasteiger partial charge in [0.15, 0.2) is 0 Å². The van der Waals surface area contributed by atoms with Gasteiger partial charge >= 0.3 is 0 Å². The van der Waals surface area contributed by atoms with Gasteiger partial charge in [0, 0.05) is 38.0 Å². The molecule has 2 aromatic rings. The summed E-state index contributed by atoms with van der Waals surface area (Å²) in [5.41, 5.74) is 0.866. The molecular weight excluding hydrogens is 332 g/mol. The number of carbonyl (C=O) groups excluding carboxylic acids is 1. The van der Waals surface area contributed by atoms with Crippen LogP contribution in [0.15, 0.2) is 28.8 Å². The van der Waals surface area contributed by atoms with Crippen LogP contribution in [0.1, 0.15) is 25.7 Å². The maximum atomic E-state index is 12.4. The van der Waals surface area contributed by atoms with E-state index < -0.39 is 0 Å². The number of nitrogens with zero attached hydrogens (tertiary/aromatic N) is 4. The molecule has 7 nitrogen and oxygen atoms in total. The average molecular weight is 358 g/mol. The Bertz CT molecular complexity index is 714. The minimum Gasteiger partial charge on any atom is -0.494 e. The lowest BCUT2D eigenvalue weighted by Gasteiger charge is -2.20. The largest absolute Gasteiger partial charge is 0.494 e. The molecule has 0 saturated carbocycles. The standard InChI is InChI=1S/C19H26N4O3/c1-3-25-16-7-5-15(6-8-16)19-20-17(26-21-19)9-10-18(24)23-12-4-11-22(2)13-14-23/h5-8H,3-4,9-14H2,1-2H3. The van der Waals surface area contributed by atoms with Crippen molar-refractivity contribution in [3.63, 3.8) is 0 Å². The van der Waals surface area contributed by atoms with Crippen LogP contribution in [0.25, 0.3) is 11.4 Å². The molecule has 0 unspecified atom stereocenters. The summed E-state index contributed by atoms with van der Waals surface area (Å²) in [6.07, 6.45) is 1.88. The van der Waals surface area contributed by atoms with E-state index in [2.05, 4.69) is 22.1 Å². The zero-order valence-corrected chi connectivity index (χ0v) is 15.5. The molecule has 7 heteroatoms. The highest BCUT2D eigenvalue weighted by Gasteiger charge is 2.18. The number of rotatable bonds is 6. The van der Waals surface area contributed by atoms with E-state index in [0.717, 1.165) is 43.9 Å². The van der Waals surface area contributed by atoms with Crippen molar-refractivity contribution in [2.75, 3.05) is 39.8 Å². The van der Waals surface area contributed by atoms with Gasteiger partial charge in [0.1, 0.15) is 5.75 Å². The van der Waals surface area contributed by atoms with Gasteiger partial charge in [-0.2, -0.15) is 4.98 Å². The molecule has 0 N–H and O–H groups in total. The molecule has 26 heavy (non-hydrogen) atoms. The molecule has 1 aromatic carbocycles. The summed E-state index contributed by atoms with van der Waals surface area (Å²) in [7, 11) is 2.09. The lowest BCUT2D eigenvalue weighted by atomic mass is 10.2. The second kappa shape index (κ2) is 8.80. The van der Waals surface area contributed by atoms with Gasteiger partial charge in [0.2, 0.25) is 17.6 Å². The summed E-state index contributed by atoms with van der Waals surface area (Å²) < 4.78 is 10.7. The number of carbonyl (C=O) groups is 1. The number of ether oxygens (including phenoxy) is 1. The van der Waals surface area contributed by atoms with E-state index in [9.17, 15) is 4.79 Å².